The molecule has 2 aromatic rings. The minimum atomic E-state index is -0.258. The molecule has 0 saturated carbocycles. The number of carbonyl (C=O) groups is 2. The molecular weight excluding hydrogens is 372 g/mol. The first kappa shape index (κ1) is 19.4. The van der Waals surface area contributed by atoms with Crippen molar-refractivity contribution in [2.45, 2.75) is 44.8 Å². The predicted octanol–water partition coefficient (Wildman–Crippen LogP) is 2.79. The molecule has 0 unspecified atom stereocenters. The van der Waals surface area contributed by atoms with Gasteiger partial charge in [0.15, 0.2) is 18.1 Å². The Morgan fingerprint density at radius 2 is 2.03 bits per heavy atom. The Bertz CT molecular complexity index is 883. The van der Waals surface area contributed by atoms with E-state index in [1.54, 1.807) is 11.0 Å². The van der Waals surface area contributed by atoms with Crippen LogP contribution in [0.4, 0.5) is 0 Å². The van der Waals surface area contributed by atoms with Crippen LogP contribution >= 0.6 is 0 Å². The highest BCUT2D eigenvalue weighted by Crippen LogP contribution is 2.41. The van der Waals surface area contributed by atoms with Gasteiger partial charge in [-0.1, -0.05) is 12.1 Å². The minimum absolute atomic E-state index is 0.0345. The standard InChI is InChI=1S/C22H26N2O5/c1-22(2)12-15-4-3-5-18(20(15)29-22)28-14-19(25)23-17-6-9-24(10-7-17)21(26)16-8-11-27-13-16/h3-5,8,11,13,17H,6-7,9-10,12,14H2,1-2H3,(H,23,25). The first-order chi connectivity index (χ1) is 13.9. The number of piperidine rings is 1. The van der Waals surface area contributed by atoms with Gasteiger partial charge in [-0.15, -0.1) is 0 Å². The van der Waals surface area contributed by atoms with Crippen LogP contribution in [0.2, 0.25) is 0 Å². The molecule has 0 atom stereocenters. The number of nitrogens with zero attached hydrogens (tertiary/aromatic N) is 1. The summed E-state index contributed by atoms with van der Waals surface area (Å²) >= 11 is 0. The zero-order chi connectivity index (χ0) is 20.4. The molecule has 2 aliphatic rings. The lowest BCUT2D eigenvalue weighted by Gasteiger charge is -2.32. The normalized spacial score (nSPS) is 18.1. The van der Waals surface area contributed by atoms with Crippen LogP contribution in [-0.4, -0.2) is 48.1 Å². The summed E-state index contributed by atoms with van der Waals surface area (Å²) in [4.78, 5) is 26.5. The van der Waals surface area contributed by atoms with Crippen LogP contribution in [0.25, 0.3) is 0 Å². The van der Waals surface area contributed by atoms with E-state index in [-0.39, 0.29) is 30.1 Å². The fraction of sp³-hybridized carbons (Fsp3) is 0.455. The van der Waals surface area contributed by atoms with Crippen LogP contribution in [0.1, 0.15) is 42.6 Å². The molecule has 0 aliphatic carbocycles. The van der Waals surface area contributed by atoms with Gasteiger partial charge in [0, 0.05) is 31.1 Å². The molecule has 0 spiro atoms. The molecular formula is C22H26N2O5. The number of amides is 2. The fourth-order valence-corrected chi connectivity index (χ4v) is 3.91. The van der Waals surface area contributed by atoms with Gasteiger partial charge in [-0.05, 0) is 38.8 Å². The number of para-hydroxylation sites is 1. The molecule has 1 aromatic heterocycles. The third-order valence-corrected chi connectivity index (χ3v) is 5.33. The summed E-state index contributed by atoms with van der Waals surface area (Å²) in [6.45, 7) is 5.21. The Kier molecular flexibility index (Phi) is 5.22. The van der Waals surface area contributed by atoms with E-state index in [0.717, 1.165) is 17.7 Å². The van der Waals surface area contributed by atoms with Crippen molar-refractivity contribution in [1.82, 2.24) is 10.2 Å². The Morgan fingerprint density at radius 3 is 2.76 bits per heavy atom. The molecule has 0 bridgehead atoms. The van der Waals surface area contributed by atoms with E-state index in [1.165, 1.54) is 12.5 Å². The molecule has 1 saturated heterocycles. The average Bonchev–Trinajstić information content (AvgIpc) is 3.33. The highest BCUT2D eigenvalue weighted by atomic mass is 16.5. The van der Waals surface area contributed by atoms with E-state index >= 15 is 0 Å². The number of nitrogens with one attached hydrogen (secondary N) is 1. The summed E-state index contributed by atoms with van der Waals surface area (Å²) in [6, 6.07) is 7.47. The zero-order valence-corrected chi connectivity index (χ0v) is 16.8. The van der Waals surface area contributed by atoms with E-state index in [1.807, 2.05) is 32.0 Å². The molecule has 4 rings (SSSR count). The molecule has 7 heteroatoms. The van der Waals surface area contributed by atoms with Crippen LogP contribution in [0.15, 0.2) is 41.2 Å². The highest BCUT2D eigenvalue weighted by Gasteiger charge is 2.32. The largest absolute Gasteiger partial charge is 0.483 e. The zero-order valence-electron chi connectivity index (χ0n) is 16.8. The Morgan fingerprint density at radius 1 is 1.24 bits per heavy atom. The molecule has 154 valence electrons. The van der Waals surface area contributed by atoms with E-state index < -0.39 is 0 Å². The number of ether oxygens (including phenoxy) is 2. The summed E-state index contributed by atoms with van der Waals surface area (Å²) < 4.78 is 16.7. The van der Waals surface area contributed by atoms with Gasteiger partial charge in [-0.2, -0.15) is 0 Å². The second-order valence-corrected chi connectivity index (χ2v) is 8.22. The van der Waals surface area contributed by atoms with Crippen LogP contribution in [0, 0.1) is 0 Å². The number of furan rings is 1. The molecule has 0 radical (unpaired) electrons. The summed E-state index contributed by atoms with van der Waals surface area (Å²) in [6.07, 6.45) is 5.20. The first-order valence-corrected chi connectivity index (χ1v) is 9.96. The van der Waals surface area contributed by atoms with Gasteiger partial charge in [0.25, 0.3) is 11.8 Å². The summed E-state index contributed by atoms with van der Waals surface area (Å²) in [7, 11) is 0. The highest BCUT2D eigenvalue weighted by molar-refractivity contribution is 5.93. The van der Waals surface area contributed by atoms with Crippen molar-refractivity contribution in [2.24, 2.45) is 0 Å². The van der Waals surface area contributed by atoms with Crippen LogP contribution in [0.5, 0.6) is 11.5 Å². The molecule has 3 heterocycles. The number of fused-ring (bicyclic) bond motifs is 1. The number of likely N-dealkylation sites (tertiary alicyclic amines) is 1. The molecule has 1 fully saturated rings. The summed E-state index contributed by atoms with van der Waals surface area (Å²) in [5, 5.41) is 3.01. The maximum atomic E-state index is 12.3. The molecule has 29 heavy (non-hydrogen) atoms. The number of rotatable bonds is 5. The number of hydrogen-bond donors (Lipinski definition) is 1. The van der Waals surface area contributed by atoms with Gasteiger partial charge in [0.1, 0.15) is 11.9 Å². The predicted molar refractivity (Wildman–Crippen MR) is 106 cm³/mol. The van der Waals surface area contributed by atoms with Crippen LogP contribution in [-0.2, 0) is 11.2 Å². The second kappa shape index (κ2) is 7.81. The Hall–Kier alpha value is -2.96. The molecule has 1 N–H and O–H groups in total. The third kappa shape index (κ3) is 4.39. The van der Waals surface area contributed by atoms with Crippen LogP contribution in [0.3, 0.4) is 0 Å². The van der Waals surface area contributed by atoms with Gasteiger partial charge in [-0.3, -0.25) is 9.59 Å². The molecule has 1 aromatic carbocycles. The monoisotopic (exact) mass is 398 g/mol. The topological polar surface area (TPSA) is 81.0 Å². The Balaban J connectivity index is 1.25. The maximum absolute atomic E-state index is 12.3. The smallest absolute Gasteiger partial charge is 0.258 e. The van der Waals surface area contributed by atoms with Gasteiger partial charge in [-0.25, -0.2) is 0 Å². The maximum Gasteiger partial charge on any atom is 0.258 e. The van der Waals surface area contributed by atoms with Crippen molar-refractivity contribution in [3.63, 3.8) is 0 Å². The van der Waals surface area contributed by atoms with Crippen molar-refractivity contribution in [3.8, 4) is 11.5 Å². The second-order valence-electron chi connectivity index (χ2n) is 8.22. The summed E-state index contributed by atoms with van der Waals surface area (Å²) in [5.41, 5.74) is 1.40. The Labute approximate surface area is 170 Å². The van der Waals surface area contributed by atoms with E-state index in [4.69, 9.17) is 13.9 Å². The van der Waals surface area contributed by atoms with Gasteiger partial charge in [0.05, 0.1) is 11.8 Å². The molecule has 7 nitrogen and oxygen atoms in total. The lowest BCUT2D eigenvalue weighted by Crippen LogP contribution is -2.47. The SMILES string of the molecule is CC1(C)Cc2cccc(OCC(=O)NC3CCN(C(=O)c4ccoc4)CC3)c2O1. The van der Waals surface area contributed by atoms with Crippen molar-refractivity contribution in [1.29, 1.82) is 0 Å². The van der Waals surface area contributed by atoms with Gasteiger partial charge < -0.3 is 24.1 Å². The van der Waals surface area contributed by atoms with Crippen LogP contribution < -0.4 is 14.8 Å². The van der Waals surface area contributed by atoms with Crippen molar-refractivity contribution in [3.05, 3.63) is 47.9 Å². The van der Waals surface area contributed by atoms with E-state index in [2.05, 4.69) is 5.32 Å². The van der Waals surface area contributed by atoms with Crippen molar-refractivity contribution < 1.29 is 23.5 Å². The van der Waals surface area contributed by atoms with E-state index in [0.29, 0.717) is 37.2 Å². The number of benzene rings is 1. The molecule has 2 amide bonds. The van der Waals surface area contributed by atoms with Gasteiger partial charge >= 0.3 is 0 Å². The van der Waals surface area contributed by atoms with Crippen molar-refractivity contribution in [2.75, 3.05) is 19.7 Å². The lowest BCUT2D eigenvalue weighted by atomic mass is 10.0. The molecule has 2 aliphatic heterocycles. The average molecular weight is 398 g/mol. The van der Waals surface area contributed by atoms with Gasteiger partial charge in [0.2, 0.25) is 0 Å². The minimum Gasteiger partial charge on any atom is -0.483 e. The van der Waals surface area contributed by atoms with Crippen molar-refractivity contribution >= 4 is 11.8 Å². The number of carbonyl (C=O) groups excluding carboxylic acids is 2. The third-order valence-electron chi connectivity index (χ3n) is 5.33. The summed E-state index contributed by atoms with van der Waals surface area (Å²) in [5.74, 6) is 1.13. The quantitative estimate of drug-likeness (QED) is 0.838. The van der Waals surface area contributed by atoms with E-state index in [9.17, 15) is 9.59 Å². The lowest BCUT2D eigenvalue weighted by molar-refractivity contribution is -0.124. The number of hydrogen-bond acceptors (Lipinski definition) is 5. The fourth-order valence-electron chi connectivity index (χ4n) is 3.91. The first-order valence-electron chi connectivity index (χ1n) is 9.96.